The van der Waals surface area contributed by atoms with Crippen LogP contribution in [0.5, 0.6) is 0 Å². The topological polar surface area (TPSA) is 87.0 Å². The molecule has 8 nitrogen and oxygen atoms in total. The largest absolute Gasteiger partial charge is 0.349 e. The van der Waals surface area contributed by atoms with Crippen molar-refractivity contribution in [2.24, 2.45) is 4.99 Å². The van der Waals surface area contributed by atoms with E-state index in [1.165, 1.54) is 12.8 Å². The fraction of sp³-hybridized carbons (Fsp3) is 0.400. The van der Waals surface area contributed by atoms with Crippen molar-refractivity contribution in [3.05, 3.63) is 54.0 Å². The molecule has 0 fully saturated rings. The monoisotopic (exact) mass is 506 g/mol. The summed E-state index contributed by atoms with van der Waals surface area (Å²) in [6.07, 6.45) is 5.28. The highest BCUT2D eigenvalue weighted by Crippen LogP contribution is 2.17. The second kappa shape index (κ2) is 9.86. The van der Waals surface area contributed by atoms with Gasteiger partial charge in [-0.25, -0.2) is 4.98 Å². The van der Waals surface area contributed by atoms with Crippen LogP contribution >= 0.6 is 24.0 Å². The summed E-state index contributed by atoms with van der Waals surface area (Å²) in [6, 6.07) is 10.2. The number of imidazole rings is 1. The molecule has 2 aromatic heterocycles. The van der Waals surface area contributed by atoms with Crippen LogP contribution < -0.4 is 5.32 Å². The number of rotatable bonds is 5. The molecular formula is C20H27IN8. The Morgan fingerprint density at radius 1 is 1.24 bits per heavy atom. The van der Waals surface area contributed by atoms with Gasteiger partial charge in [-0.05, 0) is 18.4 Å². The minimum atomic E-state index is 0. The third kappa shape index (κ3) is 4.95. The molecular weight excluding hydrogens is 479 g/mol. The molecule has 0 saturated heterocycles. The van der Waals surface area contributed by atoms with Crippen molar-refractivity contribution >= 4 is 29.9 Å². The van der Waals surface area contributed by atoms with Gasteiger partial charge in [0.2, 0.25) is 0 Å². The molecule has 0 amide bonds. The second-order valence-electron chi connectivity index (χ2n) is 7.01. The Kier molecular flexibility index (Phi) is 7.24. The summed E-state index contributed by atoms with van der Waals surface area (Å²) in [5, 5.41) is 12.0. The molecule has 0 radical (unpaired) electrons. The number of halogens is 1. The van der Waals surface area contributed by atoms with Gasteiger partial charge in [-0.15, -0.1) is 34.2 Å². The number of nitrogens with one attached hydrogen (secondary N) is 2. The molecule has 0 spiro atoms. The summed E-state index contributed by atoms with van der Waals surface area (Å²) < 4.78 is 2.22. The standard InChI is InChI=1S/C20H26N8.HI/c1-21-20(23-13-19-26-25-18-10-6-7-11-28(18)19)27(2)14-17-22-12-16(24-17)15-8-4-3-5-9-15;/h3-5,8-9,12H,6-7,10-11,13-14H2,1-2H3,(H,21,23)(H,22,24);1H. The minimum Gasteiger partial charge on any atom is -0.349 e. The zero-order chi connectivity index (χ0) is 19.3. The third-order valence-electron chi connectivity index (χ3n) is 5.01. The number of benzene rings is 1. The van der Waals surface area contributed by atoms with E-state index in [9.17, 15) is 0 Å². The maximum absolute atomic E-state index is 4.51. The number of hydrogen-bond donors (Lipinski definition) is 2. The van der Waals surface area contributed by atoms with Crippen LogP contribution in [0.3, 0.4) is 0 Å². The Balaban J connectivity index is 0.00000240. The highest BCUT2D eigenvalue weighted by Gasteiger charge is 2.16. The number of guanidine groups is 1. The van der Waals surface area contributed by atoms with Crippen molar-refractivity contribution in [3.63, 3.8) is 0 Å². The maximum atomic E-state index is 4.51. The first kappa shape index (κ1) is 21.3. The predicted molar refractivity (Wildman–Crippen MR) is 124 cm³/mol. The Bertz CT molecular complexity index is 947. The first-order chi connectivity index (χ1) is 13.7. The molecule has 3 aromatic rings. The van der Waals surface area contributed by atoms with Crippen molar-refractivity contribution in [3.8, 4) is 11.3 Å². The molecule has 3 heterocycles. The van der Waals surface area contributed by atoms with E-state index >= 15 is 0 Å². The Morgan fingerprint density at radius 3 is 2.86 bits per heavy atom. The summed E-state index contributed by atoms with van der Waals surface area (Å²) in [4.78, 5) is 14.3. The summed E-state index contributed by atoms with van der Waals surface area (Å²) >= 11 is 0. The molecule has 1 aliphatic rings. The van der Waals surface area contributed by atoms with Crippen molar-refractivity contribution in [1.29, 1.82) is 0 Å². The molecule has 0 bridgehead atoms. The Labute approximate surface area is 187 Å². The molecule has 0 aliphatic carbocycles. The molecule has 4 rings (SSSR count). The van der Waals surface area contributed by atoms with E-state index in [0.29, 0.717) is 13.1 Å². The first-order valence-corrected chi connectivity index (χ1v) is 9.66. The van der Waals surface area contributed by atoms with Gasteiger partial charge in [-0.2, -0.15) is 0 Å². The SMILES string of the molecule is CN=C(NCc1nnc2n1CCCC2)N(C)Cc1ncc(-c2ccccc2)[nH]1.I. The Morgan fingerprint density at radius 2 is 2.07 bits per heavy atom. The van der Waals surface area contributed by atoms with E-state index in [1.54, 1.807) is 7.05 Å². The zero-order valence-corrected chi connectivity index (χ0v) is 19.1. The van der Waals surface area contributed by atoms with Gasteiger partial charge >= 0.3 is 0 Å². The number of nitrogens with zero attached hydrogens (tertiary/aromatic N) is 6. The number of aryl methyl sites for hydroxylation is 1. The van der Waals surface area contributed by atoms with Gasteiger partial charge in [-0.3, -0.25) is 4.99 Å². The van der Waals surface area contributed by atoms with Crippen LogP contribution in [0.4, 0.5) is 0 Å². The number of aromatic amines is 1. The van der Waals surface area contributed by atoms with Crippen molar-refractivity contribution in [2.45, 2.75) is 38.9 Å². The lowest BCUT2D eigenvalue weighted by atomic mass is 10.2. The van der Waals surface area contributed by atoms with Crippen LogP contribution in [0.1, 0.15) is 30.3 Å². The van der Waals surface area contributed by atoms with E-state index < -0.39 is 0 Å². The molecule has 154 valence electrons. The van der Waals surface area contributed by atoms with E-state index in [1.807, 2.05) is 36.3 Å². The fourth-order valence-corrected chi connectivity index (χ4v) is 3.55. The molecule has 1 aromatic carbocycles. The number of hydrogen-bond acceptors (Lipinski definition) is 4. The van der Waals surface area contributed by atoms with Crippen LogP contribution in [-0.2, 0) is 26.1 Å². The molecule has 9 heteroatoms. The van der Waals surface area contributed by atoms with Gasteiger partial charge in [0, 0.05) is 27.1 Å². The van der Waals surface area contributed by atoms with E-state index in [4.69, 9.17) is 0 Å². The molecule has 0 unspecified atom stereocenters. The first-order valence-electron chi connectivity index (χ1n) is 9.66. The van der Waals surface area contributed by atoms with Crippen LogP contribution in [-0.4, -0.2) is 49.7 Å². The smallest absolute Gasteiger partial charge is 0.194 e. The average molecular weight is 506 g/mol. The van der Waals surface area contributed by atoms with Gasteiger partial charge in [0.25, 0.3) is 0 Å². The van der Waals surface area contributed by atoms with Crippen molar-refractivity contribution in [2.75, 3.05) is 14.1 Å². The molecule has 29 heavy (non-hydrogen) atoms. The van der Waals surface area contributed by atoms with Gasteiger partial charge in [-0.1, -0.05) is 30.3 Å². The van der Waals surface area contributed by atoms with Crippen molar-refractivity contribution in [1.82, 2.24) is 34.9 Å². The third-order valence-corrected chi connectivity index (χ3v) is 5.01. The lowest BCUT2D eigenvalue weighted by Crippen LogP contribution is -2.38. The average Bonchev–Trinajstić information content (AvgIpc) is 3.36. The molecule has 0 saturated carbocycles. The van der Waals surface area contributed by atoms with Crippen molar-refractivity contribution < 1.29 is 0 Å². The summed E-state index contributed by atoms with van der Waals surface area (Å²) in [6.45, 7) is 2.24. The summed E-state index contributed by atoms with van der Waals surface area (Å²) in [5.41, 5.74) is 2.14. The van der Waals surface area contributed by atoms with Gasteiger partial charge in [0.15, 0.2) is 11.8 Å². The number of aromatic nitrogens is 5. The van der Waals surface area contributed by atoms with Gasteiger partial charge in [0.05, 0.1) is 25.0 Å². The highest BCUT2D eigenvalue weighted by molar-refractivity contribution is 14.0. The summed E-state index contributed by atoms with van der Waals surface area (Å²) in [7, 11) is 3.79. The molecule has 2 N–H and O–H groups in total. The maximum Gasteiger partial charge on any atom is 0.194 e. The fourth-order valence-electron chi connectivity index (χ4n) is 3.55. The lowest BCUT2D eigenvalue weighted by molar-refractivity contribution is 0.458. The summed E-state index contributed by atoms with van der Waals surface area (Å²) in [5.74, 6) is 3.75. The predicted octanol–water partition coefficient (Wildman–Crippen LogP) is 2.83. The van der Waals surface area contributed by atoms with Crippen LogP contribution in [0, 0.1) is 0 Å². The van der Waals surface area contributed by atoms with Gasteiger partial charge < -0.3 is 19.8 Å². The number of H-pyrrole nitrogens is 1. The van der Waals surface area contributed by atoms with Gasteiger partial charge in [0.1, 0.15) is 11.6 Å². The molecule has 1 aliphatic heterocycles. The lowest BCUT2D eigenvalue weighted by Gasteiger charge is -2.21. The highest BCUT2D eigenvalue weighted by atomic mass is 127. The van der Waals surface area contributed by atoms with Crippen LogP contribution in [0.25, 0.3) is 11.3 Å². The van der Waals surface area contributed by atoms with Crippen LogP contribution in [0.15, 0.2) is 41.5 Å². The number of fused-ring (bicyclic) bond motifs is 1. The van der Waals surface area contributed by atoms with E-state index in [2.05, 4.69) is 47.2 Å². The van der Waals surface area contributed by atoms with Crippen LogP contribution in [0.2, 0.25) is 0 Å². The van der Waals surface area contributed by atoms with E-state index in [0.717, 1.165) is 47.7 Å². The van der Waals surface area contributed by atoms with E-state index in [-0.39, 0.29) is 24.0 Å². The quantitative estimate of drug-likeness (QED) is 0.316. The minimum absolute atomic E-state index is 0. The molecule has 0 atom stereocenters. The number of aliphatic imine (C=N–C) groups is 1. The second-order valence-corrected chi connectivity index (χ2v) is 7.01. The normalized spacial score (nSPS) is 13.5. The Hall–Kier alpha value is -2.43. The zero-order valence-electron chi connectivity index (χ0n) is 16.8.